The smallest absolute Gasteiger partial charge is 0.248 e. The number of ether oxygens (including phenoxy) is 1. The lowest BCUT2D eigenvalue weighted by molar-refractivity contribution is 0.0102. The van der Waals surface area contributed by atoms with Crippen LogP contribution in [0.15, 0.2) is 11.1 Å². The van der Waals surface area contributed by atoms with Crippen LogP contribution in [0.5, 0.6) is 0 Å². The van der Waals surface area contributed by atoms with Gasteiger partial charge in [0.05, 0.1) is 18.9 Å². The minimum atomic E-state index is -3.55. The summed E-state index contributed by atoms with van der Waals surface area (Å²) in [5.41, 5.74) is 5.51. The third kappa shape index (κ3) is 1.91. The standard InChI is InChI=1S/C8H14N4O3S/c1-6-5-12(2-3-15-6)16(13,14)7-4-10-11-8(7)9/h4,6H,2-3,5H2,1H3,(H3,9,10,11). The van der Waals surface area contributed by atoms with Crippen molar-refractivity contribution in [3.8, 4) is 0 Å². The van der Waals surface area contributed by atoms with Gasteiger partial charge in [-0.05, 0) is 6.92 Å². The average molecular weight is 246 g/mol. The van der Waals surface area contributed by atoms with Crippen LogP contribution in [-0.2, 0) is 14.8 Å². The zero-order valence-electron chi connectivity index (χ0n) is 8.88. The van der Waals surface area contributed by atoms with Gasteiger partial charge in [0.2, 0.25) is 10.0 Å². The Morgan fingerprint density at radius 3 is 3.00 bits per heavy atom. The molecule has 0 spiro atoms. The van der Waals surface area contributed by atoms with Gasteiger partial charge in [0, 0.05) is 13.1 Å². The molecule has 1 atom stereocenters. The predicted molar refractivity (Wildman–Crippen MR) is 57.2 cm³/mol. The molecule has 1 aliphatic heterocycles. The lowest BCUT2D eigenvalue weighted by Crippen LogP contribution is -2.44. The van der Waals surface area contributed by atoms with Gasteiger partial charge in [-0.25, -0.2) is 8.42 Å². The quantitative estimate of drug-likeness (QED) is 0.725. The van der Waals surface area contributed by atoms with Crippen molar-refractivity contribution in [3.05, 3.63) is 6.20 Å². The van der Waals surface area contributed by atoms with Gasteiger partial charge in [0.1, 0.15) is 10.7 Å². The number of rotatable bonds is 2. The highest BCUT2D eigenvalue weighted by Gasteiger charge is 2.31. The van der Waals surface area contributed by atoms with Gasteiger partial charge in [-0.2, -0.15) is 9.40 Å². The summed E-state index contributed by atoms with van der Waals surface area (Å²) in [6, 6.07) is 0. The number of aromatic amines is 1. The van der Waals surface area contributed by atoms with E-state index in [1.54, 1.807) is 0 Å². The highest BCUT2D eigenvalue weighted by Crippen LogP contribution is 2.21. The molecule has 1 aliphatic rings. The molecule has 1 fully saturated rings. The third-order valence-electron chi connectivity index (χ3n) is 2.45. The molecule has 8 heteroatoms. The van der Waals surface area contributed by atoms with E-state index in [4.69, 9.17) is 10.5 Å². The fourth-order valence-electron chi connectivity index (χ4n) is 1.63. The molecule has 0 amide bonds. The van der Waals surface area contributed by atoms with Crippen molar-refractivity contribution in [3.63, 3.8) is 0 Å². The van der Waals surface area contributed by atoms with Crippen molar-refractivity contribution in [2.45, 2.75) is 17.9 Å². The Balaban J connectivity index is 2.29. The maximum absolute atomic E-state index is 12.1. The van der Waals surface area contributed by atoms with E-state index >= 15 is 0 Å². The Morgan fingerprint density at radius 2 is 2.44 bits per heavy atom. The van der Waals surface area contributed by atoms with E-state index in [0.29, 0.717) is 19.7 Å². The van der Waals surface area contributed by atoms with Crippen LogP contribution in [0.2, 0.25) is 0 Å². The maximum atomic E-state index is 12.1. The Bertz CT molecular complexity index is 469. The molecule has 1 saturated heterocycles. The van der Waals surface area contributed by atoms with E-state index in [1.807, 2.05) is 6.92 Å². The summed E-state index contributed by atoms with van der Waals surface area (Å²) in [5.74, 6) is 0.0687. The molecule has 0 bridgehead atoms. The Labute approximate surface area is 93.6 Å². The second-order valence-electron chi connectivity index (χ2n) is 3.69. The first-order chi connectivity index (χ1) is 7.51. The van der Waals surface area contributed by atoms with Gasteiger partial charge < -0.3 is 10.5 Å². The van der Waals surface area contributed by atoms with Gasteiger partial charge in [0.25, 0.3) is 0 Å². The van der Waals surface area contributed by atoms with Gasteiger partial charge in [0.15, 0.2) is 0 Å². The number of morpholine rings is 1. The number of nitrogens with two attached hydrogens (primary N) is 1. The average Bonchev–Trinajstić information content (AvgIpc) is 2.65. The molecule has 0 saturated carbocycles. The Morgan fingerprint density at radius 1 is 1.69 bits per heavy atom. The van der Waals surface area contributed by atoms with Gasteiger partial charge in [-0.1, -0.05) is 0 Å². The molecule has 1 aromatic rings. The van der Waals surface area contributed by atoms with Crippen molar-refractivity contribution in [1.29, 1.82) is 0 Å². The number of nitrogens with zero attached hydrogens (tertiary/aromatic N) is 2. The van der Waals surface area contributed by atoms with E-state index in [2.05, 4.69) is 10.2 Å². The Hall–Kier alpha value is -1.12. The maximum Gasteiger partial charge on any atom is 0.248 e. The highest BCUT2D eigenvalue weighted by atomic mass is 32.2. The largest absolute Gasteiger partial charge is 0.383 e. The molecular formula is C8H14N4O3S. The lowest BCUT2D eigenvalue weighted by atomic mass is 10.3. The van der Waals surface area contributed by atoms with Crippen LogP contribution in [0.3, 0.4) is 0 Å². The molecular weight excluding hydrogens is 232 g/mol. The van der Waals surface area contributed by atoms with Crippen molar-refractivity contribution < 1.29 is 13.2 Å². The molecule has 1 unspecified atom stereocenters. The van der Waals surface area contributed by atoms with Crippen molar-refractivity contribution in [2.75, 3.05) is 25.4 Å². The summed E-state index contributed by atoms with van der Waals surface area (Å²) in [4.78, 5) is 0.0293. The minimum absolute atomic E-state index is 0.0293. The van der Waals surface area contributed by atoms with Crippen molar-refractivity contribution >= 4 is 15.8 Å². The number of sulfonamides is 1. The second-order valence-corrected chi connectivity index (χ2v) is 5.60. The summed E-state index contributed by atoms with van der Waals surface area (Å²) >= 11 is 0. The normalized spacial score (nSPS) is 23.4. The molecule has 2 heterocycles. The molecule has 16 heavy (non-hydrogen) atoms. The van der Waals surface area contributed by atoms with Crippen LogP contribution >= 0.6 is 0 Å². The molecule has 0 radical (unpaired) electrons. The zero-order chi connectivity index (χ0) is 11.8. The number of nitrogen functional groups attached to an aromatic ring is 1. The van der Waals surface area contributed by atoms with E-state index in [-0.39, 0.29) is 16.8 Å². The summed E-state index contributed by atoms with van der Waals surface area (Å²) in [6.07, 6.45) is 1.13. The fraction of sp³-hybridized carbons (Fsp3) is 0.625. The number of nitrogens with one attached hydrogen (secondary N) is 1. The molecule has 0 aliphatic carbocycles. The van der Waals surface area contributed by atoms with Crippen LogP contribution in [0.1, 0.15) is 6.92 Å². The van der Waals surface area contributed by atoms with Crippen LogP contribution in [0.4, 0.5) is 5.82 Å². The SMILES string of the molecule is CC1CN(S(=O)(=O)c2cn[nH]c2N)CCO1. The highest BCUT2D eigenvalue weighted by molar-refractivity contribution is 7.89. The summed E-state index contributed by atoms with van der Waals surface area (Å²) in [6.45, 7) is 2.92. The Kier molecular flexibility index (Phi) is 2.87. The first-order valence-electron chi connectivity index (χ1n) is 4.92. The molecule has 3 N–H and O–H groups in total. The van der Waals surface area contributed by atoms with E-state index in [9.17, 15) is 8.42 Å². The monoisotopic (exact) mass is 246 g/mol. The van der Waals surface area contributed by atoms with Crippen LogP contribution in [0, 0.1) is 0 Å². The number of hydrogen-bond donors (Lipinski definition) is 2. The van der Waals surface area contributed by atoms with Gasteiger partial charge in [-0.3, -0.25) is 5.10 Å². The molecule has 0 aromatic carbocycles. The molecule has 90 valence electrons. The van der Waals surface area contributed by atoms with Crippen LogP contribution < -0.4 is 5.73 Å². The minimum Gasteiger partial charge on any atom is -0.383 e. The van der Waals surface area contributed by atoms with Gasteiger partial charge >= 0.3 is 0 Å². The second kappa shape index (κ2) is 4.04. The topological polar surface area (TPSA) is 101 Å². The molecule has 1 aromatic heterocycles. The lowest BCUT2D eigenvalue weighted by Gasteiger charge is -2.29. The van der Waals surface area contributed by atoms with Crippen molar-refractivity contribution in [1.82, 2.24) is 14.5 Å². The number of H-pyrrole nitrogens is 1. The number of anilines is 1. The predicted octanol–water partition coefficient (Wildman–Crippen LogP) is -0.599. The number of hydrogen-bond acceptors (Lipinski definition) is 5. The van der Waals surface area contributed by atoms with E-state index < -0.39 is 10.0 Å². The fourth-order valence-corrected chi connectivity index (χ4v) is 3.14. The van der Waals surface area contributed by atoms with E-state index in [0.717, 1.165) is 0 Å². The zero-order valence-corrected chi connectivity index (χ0v) is 9.70. The summed E-state index contributed by atoms with van der Waals surface area (Å²) < 4.78 is 30.9. The van der Waals surface area contributed by atoms with Gasteiger partial charge in [-0.15, -0.1) is 0 Å². The first kappa shape index (κ1) is 11.4. The van der Waals surface area contributed by atoms with Crippen LogP contribution in [-0.4, -0.2) is 48.7 Å². The number of aromatic nitrogens is 2. The molecule has 2 rings (SSSR count). The van der Waals surface area contributed by atoms with E-state index in [1.165, 1.54) is 10.5 Å². The summed E-state index contributed by atoms with van der Waals surface area (Å²) in [5, 5.41) is 6.03. The van der Waals surface area contributed by atoms with Crippen molar-refractivity contribution in [2.24, 2.45) is 0 Å². The first-order valence-corrected chi connectivity index (χ1v) is 6.36. The van der Waals surface area contributed by atoms with Crippen LogP contribution in [0.25, 0.3) is 0 Å². The molecule has 7 nitrogen and oxygen atoms in total. The third-order valence-corrected chi connectivity index (χ3v) is 4.35. The summed E-state index contributed by atoms with van der Waals surface area (Å²) in [7, 11) is -3.55.